The van der Waals surface area contributed by atoms with Crippen molar-refractivity contribution in [1.82, 2.24) is 15.0 Å². The van der Waals surface area contributed by atoms with Crippen molar-refractivity contribution in [2.45, 2.75) is 0 Å². The highest BCUT2D eigenvalue weighted by Crippen LogP contribution is 2.18. The third-order valence-corrected chi connectivity index (χ3v) is 2.91. The number of rotatable bonds is 2. The summed E-state index contributed by atoms with van der Waals surface area (Å²) in [5, 5.41) is 25.8. The van der Waals surface area contributed by atoms with Gasteiger partial charge in [0.1, 0.15) is 5.52 Å². The zero-order valence-electron chi connectivity index (χ0n) is 10.2. The van der Waals surface area contributed by atoms with Gasteiger partial charge in [0, 0.05) is 0 Å². The van der Waals surface area contributed by atoms with Gasteiger partial charge in [-0.05, 0) is 36.4 Å². The highest BCUT2D eigenvalue weighted by molar-refractivity contribution is 5.92. The first-order valence-electron chi connectivity index (χ1n) is 5.78. The van der Waals surface area contributed by atoms with Crippen LogP contribution in [0.1, 0.15) is 15.9 Å². The van der Waals surface area contributed by atoms with Crippen LogP contribution in [-0.2, 0) is 0 Å². The largest absolute Gasteiger partial charge is 0.478 e. The molecule has 6 nitrogen and oxygen atoms in total. The molecule has 0 aliphatic rings. The molecule has 3 aromatic rings. The van der Waals surface area contributed by atoms with Crippen LogP contribution in [0.3, 0.4) is 0 Å². The van der Waals surface area contributed by atoms with E-state index >= 15 is 0 Å². The molecule has 0 bridgehead atoms. The summed E-state index contributed by atoms with van der Waals surface area (Å²) in [4.78, 5) is 10.9. The topological polar surface area (TPSA) is 91.8 Å². The van der Waals surface area contributed by atoms with Crippen molar-refractivity contribution in [3.8, 4) is 11.8 Å². The Kier molecular flexibility index (Phi) is 2.66. The average Bonchev–Trinajstić information content (AvgIpc) is 2.90. The molecule has 0 aliphatic heterocycles. The predicted molar refractivity (Wildman–Crippen MR) is 70.5 cm³/mol. The quantitative estimate of drug-likeness (QED) is 0.764. The van der Waals surface area contributed by atoms with Crippen LogP contribution in [0, 0.1) is 11.3 Å². The SMILES string of the molecule is N#Cc1cccc(-n2nnc3cc(C(=O)O)ccc32)c1. The average molecular weight is 264 g/mol. The second-order valence-electron chi connectivity index (χ2n) is 4.17. The number of carboxylic acid groups (broad SMARTS) is 1. The summed E-state index contributed by atoms with van der Waals surface area (Å²) >= 11 is 0. The molecular weight excluding hydrogens is 256 g/mol. The Morgan fingerprint density at radius 2 is 2.10 bits per heavy atom. The van der Waals surface area contributed by atoms with Crippen molar-refractivity contribution in [3.63, 3.8) is 0 Å². The van der Waals surface area contributed by atoms with Gasteiger partial charge < -0.3 is 5.11 Å². The Bertz CT molecular complexity index is 861. The molecule has 0 saturated heterocycles. The number of carboxylic acids is 1. The maximum atomic E-state index is 10.9. The van der Waals surface area contributed by atoms with Crippen molar-refractivity contribution < 1.29 is 9.90 Å². The molecule has 1 aromatic heterocycles. The lowest BCUT2D eigenvalue weighted by atomic mass is 10.2. The van der Waals surface area contributed by atoms with Crippen LogP contribution in [0.15, 0.2) is 42.5 Å². The van der Waals surface area contributed by atoms with E-state index in [1.165, 1.54) is 12.1 Å². The smallest absolute Gasteiger partial charge is 0.335 e. The Labute approximate surface area is 113 Å². The van der Waals surface area contributed by atoms with Gasteiger partial charge in [-0.15, -0.1) is 5.10 Å². The normalized spacial score (nSPS) is 10.3. The molecule has 1 N–H and O–H groups in total. The van der Waals surface area contributed by atoms with Gasteiger partial charge in [-0.1, -0.05) is 11.3 Å². The second-order valence-corrected chi connectivity index (χ2v) is 4.17. The van der Waals surface area contributed by atoms with Gasteiger partial charge in [0.25, 0.3) is 0 Å². The number of aromatic nitrogens is 3. The lowest BCUT2D eigenvalue weighted by Gasteiger charge is -2.02. The zero-order valence-corrected chi connectivity index (χ0v) is 10.2. The third-order valence-electron chi connectivity index (χ3n) is 2.91. The van der Waals surface area contributed by atoms with E-state index in [1.54, 1.807) is 35.0 Å². The number of carbonyl (C=O) groups is 1. The Hall–Kier alpha value is -3.20. The van der Waals surface area contributed by atoms with Gasteiger partial charge in [0.05, 0.1) is 28.4 Å². The number of aromatic carboxylic acids is 1. The zero-order chi connectivity index (χ0) is 14.1. The molecule has 0 saturated carbocycles. The van der Waals surface area contributed by atoms with Crippen LogP contribution in [0.4, 0.5) is 0 Å². The van der Waals surface area contributed by atoms with Crippen LogP contribution in [0.5, 0.6) is 0 Å². The Morgan fingerprint density at radius 1 is 1.25 bits per heavy atom. The van der Waals surface area contributed by atoms with Gasteiger partial charge >= 0.3 is 5.97 Å². The number of nitriles is 1. The molecule has 0 spiro atoms. The summed E-state index contributed by atoms with van der Waals surface area (Å²) in [5.74, 6) is -1.01. The maximum Gasteiger partial charge on any atom is 0.335 e. The summed E-state index contributed by atoms with van der Waals surface area (Å²) in [6.07, 6.45) is 0. The molecule has 0 unspecified atom stereocenters. The Balaban J connectivity index is 2.17. The monoisotopic (exact) mass is 264 g/mol. The molecule has 0 amide bonds. The molecule has 1 heterocycles. The van der Waals surface area contributed by atoms with E-state index in [0.29, 0.717) is 22.3 Å². The van der Waals surface area contributed by atoms with E-state index in [-0.39, 0.29) is 5.56 Å². The van der Waals surface area contributed by atoms with Crippen molar-refractivity contribution in [2.75, 3.05) is 0 Å². The molecule has 0 aliphatic carbocycles. The van der Waals surface area contributed by atoms with E-state index in [0.717, 1.165) is 0 Å². The van der Waals surface area contributed by atoms with E-state index in [1.807, 2.05) is 0 Å². The molecule has 6 heteroatoms. The predicted octanol–water partition coefficient (Wildman–Crippen LogP) is 1.99. The summed E-state index contributed by atoms with van der Waals surface area (Å²) in [7, 11) is 0. The number of nitrogens with zero attached hydrogens (tertiary/aromatic N) is 4. The summed E-state index contributed by atoms with van der Waals surface area (Å²) < 4.78 is 1.57. The minimum Gasteiger partial charge on any atom is -0.478 e. The first-order valence-corrected chi connectivity index (χ1v) is 5.78. The molecule has 0 radical (unpaired) electrons. The molecule has 3 rings (SSSR count). The van der Waals surface area contributed by atoms with Crippen LogP contribution in [-0.4, -0.2) is 26.1 Å². The minimum absolute atomic E-state index is 0.162. The summed E-state index contributed by atoms with van der Waals surface area (Å²) in [5.41, 5.74) is 2.57. The molecule has 20 heavy (non-hydrogen) atoms. The fraction of sp³-hybridized carbons (Fsp3) is 0. The molecule has 0 atom stereocenters. The van der Waals surface area contributed by atoms with Crippen LogP contribution in [0.2, 0.25) is 0 Å². The summed E-state index contributed by atoms with van der Waals surface area (Å²) in [6, 6.07) is 13.6. The van der Waals surface area contributed by atoms with Crippen LogP contribution >= 0.6 is 0 Å². The first kappa shape index (κ1) is 11.9. The molecule has 0 fully saturated rings. The van der Waals surface area contributed by atoms with Crippen molar-refractivity contribution in [3.05, 3.63) is 53.6 Å². The standard InChI is InChI=1S/C14H8N4O2/c15-8-9-2-1-3-11(6-9)18-13-5-4-10(14(19)20)7-12(13)16-17-18/h1-7H,(H,19,20). The van der Waals surface area contributed by atoms with Gasteiger partial charge in [0.2, 0.25) is 0 Å². The number of hydrogen-bond donors (Lipinski definition) is 1. The van der Waals surface area contributed by atoms with E-state index in [4.69, 9.17) is 10.4 Å². The summed E-state index contributed by atoms with van der Waals surface area (Å²) in [6.45, 7) is 0. The lowest BCUT2D eigenvalue weighted by Crippen LogP contribution is -1.98. The minimum atomic E-state index is -1.01. The van der Waals surface area contributed by atoms with Gasteiger partial charge in [-0.3, -0.25) is 0 Å². The van der Waals surface area contributed by atoms with Crippen LogP contribution < -0.4 is 0 Å². The lowest BCUT2D eigenvalue weighted by molar-refractivity contribution is 0.0697. The number of benzene rings is 2. The fourth-order valence-corrected chi connectivity index (χ4v) is 1.95. The van der Waals surface area contributed by atoms with Crippen molar-refractivity contribution >= 4 is 17.0 Å². The maximum absolute atomic E-state index is 10.9. The van der Waals surface area contributed by atoms with Gasteiger partial charge in [0.15, 0.2) is 0 Å². The molecule has 96 valence electrons. The van der Waals surface area contributed by atoms with E-state index < -0.39 is 5.97 Å². The molecular formula is C14H8N4O2. The highest BCUT2D eigenvalue weighted by Gasteiger charge is 2.10. The third kappa shape index (κ3) is 1.87. The number of hydrogen-bond acceptors (Lipinski definition) is 4. The first-order chi connectivity index (χ1) is 9.69. The van der Waals surface area contributed by atoms with Gasteiger partial charge in [-0.2, -0.15) is 5.26 Å². The second kappa shape index (κ2) is 4.48. The highest BCUT2D eigenvalue weighted by atomic mass is 16.4. The van der Waals surface area contributed by atoms with E-state index in [9.17, 15) is 4.79 Å². The van der Waals surface area contributed by atoms with E-state index in [2.05, 4.69) is 16.4 Å². The van der Waals surface area contributed by atoms with Gasteiger partial charge in [-0.25, -0.2) is 9.48 Å². The molecule has 2 aromatic carbocycles. The van der Waals surface area contributed by atoms with Crippen molar-refractivity contribution in [2.24, 2.45) is 0 Å². The fourth-order valence-electron chi connectivity index (χ4n) is 1.95. The van der Waals surface area contributed by atoms with Crippen molar-refractivity contribution in [1.29, 1.82) is 5.26 Å². The Morgan fingerprint density at radius 3 is 2.85 bits per heavy atom. The van der Waals surface area contributed by atoms with Crippen LogP contribution in [0.25, 0.3) is 16.7 Å². The number of fused-ring (bicyclic) bond motifs is 1.